The molecule has 1 fully saturated rings. The molecule has 1 aromatic heterocycles. The minimum Gasteiger partial charge on any atom is -0.449 e. The number of rotatable bonds is 6. The highest BCUT2D eigenvalue weighted by Gasteiger charge is 2.41. The van der Waals surface area contributed by atoms with Gasteiger partial charge in [0.2, 0.25) is 11.2 Å². The SMILES string of the molecule is Cc1ccc(Oc2c(C(F)(F)F)oc3c(C[NH+]4CCCCC4)c(OC(=O)c4ccc(C(C)(C)C)cc4)ccc3c2=O)cc1C. The van der Waals surface area contributed by atoms with Crippen molar-refractivity contribution >= 4 is 16.9 Å². The number of carbonyl (C=O) groups excluding carboxylic acids is 1. The van der Waals surface area contributed by atoms with E-state index in [4.69, 9.17) is 13.9 Å². The first-order valence-corrected chi connectivity index (χ1v) is 14.8. The Hall–Kier alpha value is -4.11. The van der Waals surface area contributed by atoms with E-state index in [2.05, 4.69) is 20.8 Å². The Morgan fingerprint density at radius 1 is 0.909 bits per heavy atom. The Morgan fingerprint density at radius 3 is 2.20 bits per heavy atom. The van der Waals surface area contributed by atoms with Gasteiger partial charge in [-0.15, -0.1) is 0 Å². The van der Waals surface area contributed by atoms with Crippen LogP contribution in [-0.4, -0.2) is 19.1 Å². The van der Waals surface area contributed by atoms with Gasteiger partial charge in [-0.25, -0.2) is 4.79 Å². The molecule has 0 saturated carbocycles. The van der Waals surface area contributed by atoms with Crippen LogP contribution in [0, 0.1) is 13.8 Å². The van der Waals surface area contributed by atoms with Crippen LogP contribution in [0.5, 0.6) is 17.2 Å². The number of quaternary nitrogens is 1. The van der Waals surface area contributed by atoms with Gasteiger partial charge in [0, 0.05) is 0 Å². The molecular formula is C35H37F3NO5+. The summed E-state index contributed by atoms with van der Waals surface area (Å²) in [6.45, 7) is 11.7. The number of nitrogens with one attached hydrogen (secondary N) is 1. The average Bonchev–Trinajstić information content (AvgIpc) is 2.97. The van der Waals surface area contributed by atoms with Crippen LogP contribution in [0.2, 0.25) is 0 Å². The van der Waals surface area contributed by atoms with Crippen LogP contribution < -0.4 is 19.8 Å². The summed E-state index contributed by atoms with van der Waals surface area (Å²) in [7, 11) is 0. The van der Waals surface area contributed by atoms with E-state index in [1.165, 1.54) is 18.2 Å². The lowest BCUT2D eigenvalue weighted by Crippen LogP contribution is -3.11. The molecule has 3 aromatic carbocycles. The van der Waals surface area contributed by atoms with Crippen molar-refractivity contribution in [2.24, 2.45) is 0 Å². The third-order valence-electron chi connectivity index (χ3n) is 8.21. The minimum absolute atomic E-state index is 0.0552. The number of hydrogen-bond donors (Lipinski definition) is 1. The van der Waals surface area contributed by atoms with Gasteiger partial charge in [-0.3, -0.25) is 4.79 Å². The van der Waals surface area contributed by atoms with Crippen LogP contribution in [0.15, 0.2) is 63.8 Å². The molecule has 0 spiro atoms. The average molecular weight is 609 g/mol. The summed E-state index contributed by atoms with van der Waals surface area (Å²) in [6, 6.07) is 14.6. The molecule has 9 heteroatoms. The highest BCUT2D eigenvalue weighted by molar-refractivity contribution is 5.92. The summed E-state index contributed by atoms with van der Waals surface area (Å²) in [4.78, 5) is 28.0. The molecule has 5 rings (SSSR count). The maximum absolute atomic E-state index is 14.4. The van der Waals surface area contributed by atoms with Crippen LogP contribution in [0.4, 0.5) is 13.2 Å². The molecule has 0 unspecified atom stereocenters. The maximum atomic E-state index is 14.4. The Kier molecular flexibility index (Phi) is 8.62. The fourth-order valence-corrected chi connectivity index (χ4v) is 5.46. The van der Waals surface area contributed by atoms with Gasteiger partial charge in [0.25, 0.3) is 5.76 Å². The normalized spacial score (nSPS) is 14.5. The van der Waals surface area contributed by atoms with Gasteiger partial charge >= 0.3 is 12.1 Å². The predicted molar refractivity (Wildman–Crippen MR) is 162 cm³/mol. The lowest BCUT2D eigenvalue weighted by molar-refractivity contribution is -0.918. The standard InChI is InChI=1S/C35H36F3NO5/c1-21-9-14-25(19-22(21)2)42-31-29(40)26-15-16-28(43-33(41)23-10-12-24(13-11-23)34(3,4)5)27(20-39-17-7-6-8-18-39)30(26)44-32(31)35(36,37)38/h9-16,19H,6-8,17-18,20H2,1-5H3/p+1. The first kappa shape index (κ1) is 31.3. The minimum atomic E-state index is -5.03. The molecule has 2 heterocycles. The second-order valence-corrected chi connectivity index (χ2v) is 12.6. The van der Waals surface area contributed by atoms with Gasteiger partial charge in [-0.1, -0.05) is 39.0 Å². The van der Waals surface area contributed by atoms with E-state index >= 15 is 0 Å². The molecule has 0 aliphatic carbocycles. The van der Waals surface area contributed by atoms with E-state index in [0.29, 0.717) is 5.56 Å². The molecule has 1 saturated heterocycles. The third kappa shape index (κ3) is 6.68. The molecular weight excluding hydrogens is 571 g/mol. The summed E-state index contributed by atoms with van der Waals surface area (Å²) in [5, 5.41) is -0.0856. The fraction of sp³-hybridized carbons (Fsp3) is 0.371. The van der Waals surface area contributed by atoms with Gasteiger partial charge in [-0.05, 0) is 91.6 Å². The van der Waals surface area contributed by atoms with Gasteiger partial charge < -0.3 is 18.8 Å². The Labute approximate surface area is 254 Å². The summed E-state index contributed by atoms with van der Waals surface area (Å²) in [5.41, 5.74) is 1.96. The van der Waals surface area contributed by atoms with Crippen molar-refractivity contribution in [1.29, 1.82) is 0 Å². The number of benzene rings is 3. The first-order chi connectivity index (χ1) is 20.7. The van der Waals surface area contributed by atoms with E-state index in [-0.39, 0.29) is 40.0 Å². The van der Waals surface area contributed by atoms with Crippen molar-refractivity contribution in [3.63, 3.8) is 0 Å². The lowest BCUT2D eigenvalue weighted by Gasteiger charge is -2.25. The summed E-state index contributed by atoms with van der Waals surface area (Å²) < 4.78 is 60.2. The van der Waals surface area contributed by atoms with E-state index in [0.717, 1.165) is 53.9 Å². The zero-order valence-electron chi connectivity index (χ0n) is 25.6. The molecule has 1 aliphatic heterocycles. The quantitative estimate of drug-likeness (QED) is 0.184. The molecule has 44 heavy (non-hydrogen) atoms. The molecule has 1 aliphatic rings. The van der Waals surface area contributed by atoms with Gasteiger partial charge in [0.1, 0.15) is 18.0 Å². The number of likely N-dealkylation sites (tertiary alicyclic amines) is 1. The highest BCUT2D eigenvalue weighted by atomic mass is 19.4. The van der Waals surface area contributed by atoms with Gasteiger partial charge in [-0.2, -0.15) is 13.2 Å². The lowest BCUT2D eigenvalue weighted by atomic mass is 9.87. The number of piperidine rings is 1. The Balaban J connectivity index is 1.62. The molecule has 232 valence electrons. The zero-order chi connectivity index (χ0) is 31.8. The number of aryl methyl sites for hydroxylation is 2. The molecule has 0 bridgehead atoms. The van der Waals surface area contributed by atoms with E-state index in [9.17, 15) is 22.8 Å². The van der Waals surface area contributed by atoms with Gasteiger partial charge in [0.05, 0.1) is 29.6 Å². The number of halogens is 3. The first-order valence-electron chi connectivity index (χ1n) is 14.8. The van der Waals surface area contributed by atoms with E-state index < -0.39 is 29.1 Å². The number of alkyl halides is 3. The highest BCUT2D eigenvalue weighted by Crippen LogP contribution is 2.40. The monoisotopic (exact) mass is 608 g/mol. The number of ether oxygens (including phenoxy) is 2. The molecule has 0 atom stereocenters. The number of fused-ring (bicyclic) bond motifs is 1. The Morgan fingerprint density at radius 2 is 1.59 bits per heavy atom. The molecule has 0 amide bonds. The largest absolute Gasteiger partial charge is 0.453 e. The smallest absolute Gasteiger partial charge is 0.449 e. The van der Waals surface area contributed by atoms with E-state index in [1.54, 1.807) is 31.2 Å². The zero-order valence-corrected chi connectivity index (χ0v) is 25.6. The van der Waals surface area contributed by atoms with Crippen molar-refractivity contribution in [3.05, 3.63) is 98.4 Å². The van der Waals surface area contributed by atoms with Crippen molar-refractivity contribution in [3.8, 4) is 17.2 Å². The maximum Gasteiger partial charge on any atom is 0.453 e. The molecule has 6 nitrogen and oxygen atoms in total. The van der Waals surface area contributed by atoms with Gasteiger partial charge in [0.15, 0.2) is 5.58 Å². The second kappa shape index (κ2) is 12.1. The van der Waals surface area contributed by atoms with Crippen LogP contribution >= 0.6 is 0 Å². The summed E-state index contributed by atoms with van der Waals surface area (Å²) in [6.07, 6.45) is -2.04. The van der Waals surface area contributed by atoms with Crippen LogP contribution in [-0.2, 0) is 18.1 Å². The van der Waals surface area contributed by atoms with Crippen molar-refractivity contribution in [2.45, 2.75) is 72.0 Å². The third-order valence-corrected chi connectivity index (χ3v) is 8.21. The van der Waals surface area contributed by atoms with Crippen molar-refractivity contribution in [2.75, 3.05) is 13.1 Å². The van der Waals surface area contributed by atoms with Crippen LogP contribution in [0.3, 0.4) is 0 Å². The fourth-order valence-electron chi connectivity index (χ4n) is 5.46. The Bertz CT molecular complexity index is 1740. The topological polar surface area (TPSA) is 70.2 Å². The molecule has 4 aromatic rings. The predicted octanol–water partition coefficient (Wildman–Crippen LogP) is 7.31. The van der Waals surface area contributed by atoms with Crippen LogP contribution in [0.1, 0.15) is 78.4 Å². The van der Waals surface area contributed by atoms with E-state index in [1.807, 2.05) is 19.1 Å². The molecule has 1 N–H and O–H groups in total. The number of hydrogen-bond acceptors (Lipinski definition) is 5. The van der Waals surface area contributed by atoms with Crippen LogP contribution in [0.25, 0.3) is 11.0 Å². The summed E-state index contributed by atoms with van der Waals surface area (Å²) >= 11 is 0. The number of esters is 1. The second-order valence-electron chi connectivity index (χ2n) is 12.6. The number of carbonyl (C=O) groups is 1. The van der Waals surface area contributed by atoms with Crippen molar-refractivity contribution < 1.29 is 36.8 Å². The molecule has 0 radical (unpaired) electrons. The van der Waals surface area contributed by atoms with Crippen molar-refractivity contribution in [1.82, 2.24) is 0 Å². The summed E-state index contributed by atoms with van der Waals surface area (Å²) in [5.74, 6) is -2.99.